The van der Waals surface area contributed by atoms with E-state index in [9.17, 15) is 9.18 Å². The van der Waals surface area contributed by atoms with E-state index in [1.54, 1.807) is 30.0 Å². The molecular weight excluding hydrogens is 271 g/mol. The fourth-order valence-corrected chi connectivity index (χ4v) is 2.50. The third-order valence-electron chi connectivity index (χ3n) is 2.38. The molecule has 0 amide bonds. The zero-order chi connectivity index (χ0) is 13.0. The molecule has 0 radical (unpaired) electrons. The van der Waals surface area contributed by atoms with Crippen LogP contribution in [0.15, 0.2) is 47.4 Å². The Kier molecular flexibility index (Phi) is 4.39. The molecular formula is C14H10ClFOS. The number of hydrogen-bond donors (Lipinski definition) is 0. The van der Waals surface area contributed by atoms with E-state index in [0.717, 1.165) is 16.7 Å². The zero-order valence-corrected chi connectivity index (χ0v) is 11.0. The Morgan fingerprint density at radius 2 is 2.06 bits per heavy atom. The van der Waals surface area contributed by atoms with Gasteiger partial charge in [0.1, 0.15) is 12.1 Å². The van der Waals surface area contributed by atoms with Gasteiger partial charge in [-0.2, -0.15) is 0 Å². The van der Waals surface area contributed by atoms with E-state index >= 15 is 0 Å². The molecule has 4 heteroatoms. The van der Waals surface area contributed by atoms with Crippen molar-refractivity contribution in [2.75, 3.05) is 0 Å². The van der Waals surface area contributed by atoms with Crippen molar-refractivity contribution in [3.05, 3.63) is 64.4 Å². The molecule has 0 aliphatic heterocycles. The van der Waals surface area contributed by atoms with Gasteiger partial charge in [0.15, 0.2) is 0 Å². The number of carbonyl (C=O) groups is 1. The molecule has 0 fully saturated rings. The van der Waals surface area contributed by atoms with Crippen molar-refractivity contribution >= 4 is 29.6 Å². The molecule has 1 nitrogen and oxygen atoms in total. The van der Waals surface area contributed by atoms with E-state index in [1.165, 1.54) is 6.07 Å². The van der Waals surface area contributed by atoms with Gasteiger partial charge in [0.05, 0.1) is 5.02 Å². The maximum atomic E-state index is 13.2. The minimum absolute atomic E-state index is 0.131. The van der Waals surface area contributed by atoms with Gasteiger partial charge in [0.2, 0.25) is 0 Å². The highest BCUT2D eigenvalue weighted by Crippen LogP contribution is 2.25. The summed E-state index contributed by atoms with van der Waals surface area (Å²) in [6.45, 7) is 0. The van der Waals surface area contributed by atoms with Crippen molar-refractivity contribution in [2.45, 2.75) is 10.6 Å². The van der Waals surface area contributed by atoms with E-state index in [0.29, 0.717) is 11.3 Å². The van der Waals surface area contributed by atoms with Gasteiger partial charge in [-0.3, -0.25) is 4.79 Å². The first-order valence-corrected chi connectivity index (χ1v) is 6.67. The van der Waals surface area contributed by atoms with Crippen LogP contribution < -0.4 is 0 Å². The third-order valence-corrected chi connectivity index (χ3v) is 3.76. The number of halogens is 2. The molecule has 0 aliphatic rings. The Hall–Kier alpha value is -1.32. The molecule has 18 heavy (non-hydrogen) atoms. The highest BCUT2D eigenvalue weighted by atomic mass is 35.5. The lowest BCUT2D eigenvalue weighted by molar-refractivity contribution is 0.112. The van der Waals surface area contributed by atoms with Gasteiger partial charge < -0.3 is 0 Å². The second-order valence-corrected chi connectivity index (χ2v) is 5.18. The predicted octanol–water partition coefficient (Wildman–Crippen LogP) is 4.58. The van der Waals surface area contributed by atoms with Crippen LogP contribution in [0.5, 0.6) is 0 Å². The second-order valence-electron chi connectivity index (χ2n) is 3.73. The molecule has 0 spiro atoms. The van der Waals surface area contributed by atoms with Crippen LogP contribution in [0.1, 0.15) is 15.9 Å². The Morgan fingerprint density at radius 3 is 2.78 bits per heavy atom. The van der Waals surface area contributed by atoms with E-state index in [-0.39, 0.29) is 5.02 Å². The summed E-state index contributed by atoms with van der Waals surface area (Å²) in [6, 6.07) is 12.1. The summed E-state index contributed by atoms with van der Waals surface area (Å²) in [5.74, 6) is 0.229. The van der Waals surface area contributed by atoms with Gasteiger partial charge in [0.25, 0.3) is 0 Å². The van der Waals surface area contributed by atoms with Crippen molar-refractivity contribution in [3.63, 3.8) is 0 Å². The molecule has 2 aromatic rings. The molecule has 0 aromatic heterocycles. The number of hydrogen-bond acceptors (Lipinski definition) is 2. The summed E-state index contributed by atoms with van der Waals surface area (Å²) in [7, 11) is 0. The predicted molar refractivity (Wildman–Crippen MR) is 72.8 cm³/mol. The van der Waals surface area contributed by atoms with Crippen molar-refractivity contribution < 1.29 is 9.18 Å². The lowest BCUT2D eigenvalue weighted by Gasteiger charge is -2.03. The molecule has 2 aromatic carbocycles. The first kappa shape index (κ1) is 13.1. The molecule has 0 saturated carbocycles. The maximum absolute atomic E-state index is 13.2. The van der Waals surface area contributed by atoms with Crippen LogP contribution in [0, 0.1) is 5.82 Å². The molecule has 2 rings (SSSR count). The van der Waals surface area contributed by atoms with Crippen LogP contribution in [0.3, 0.4) is 0 Å². The van der Waals surface area contributed by atoms with Crippen molar-refractivity contribution in [3.8, 4) is 0 Å². The standard InChI is InChI=1S/C14H10ClFOS/c15-13-5-4-11(7-14(13)16)9-18-12-3-1-2-10(6-12)8-17/h1-8H,9H2. The fourth-order valence-electron chi connectivity index (χ4n) is 1.47. The Morgan fingerprint density at radius 1 is 1.22 bits per heavy atom. The van der Waals surface area contributed by atoms with Crippen LogP contribution in [0.2, 0.25) is 5.02 Å². The molecule has 0 N–H and O–H groups in total. The highest BCUT2D eigenvalue weighted by Gasteiger charge is 2.02. The van der Waals surface area contributed by atoms with Gasteiger partial charge in [-0.05, 0) is 29.8 Å². The summed E-state index contributed by atoms with van der Waals surface area (Å²) >= 11 is 7.17. The number of aldehydes is 1. The minimum atomic E-state index is -0.406. The summed E-state index contributed by atoms with van der Waals surface area (Å²) in [5.41, 5.74) is 1.50. The van der Waals surface area contributed by atoms with Gasteiger partial charge in [0, 0.05) is 16.2 Å². The average molecular weight is 281 g/mol. The van der Waals surface area contributed by atoms with Crippen molar-refractivity contribution in [1.29, 1.82) is 0 Å². The average Bonchev–Trinajstić information content (AvgIpc) is 2.40. The first-order valence-electron chi connectivity index (χ1n) is 5.31. The second kappa shape index (κ2) is 6.03. The van der Waals surface area contributed by atoms with Gasteiger partial charge in [-0.15, -0.1) is 11.8 Å². The van der Waals surface area contributed by atoms with E-state index < -0.39 is 5.82 Å². The van der Waals surface area contributed by atoms with E-state index in [4.69, 9.17) is 11.6 Å². The Balaban J connectivity index is 2.06. The monoisotopic (exact) mass is 280 g/mol. The molecule has 92 valence electrons. The van der Waals surface area contributed by atoms with Crippen molar-refractivity contribution in [2.24, 2.45) is 0 Å². The lowest BCUT2D eigenvalue weighted by Crippen LogP contribution is -1.85. The summed E-state index contributed by atoms with van der Waals surface area (Å²) in [5, 5.41) is 0.131. The maximum Gasteiger partial charge on any atom is 0.150 e. The number of rotatable bonds is 4. The van der Waals surface area contributed by atoms with Crippen LogP contribution in [-0.2, 0) is 5.75 Å². The topological polar surface area (TPSA) is 17.1 Å². The van der Waals surface area contributed by atoms with E-state index in [2.05, 4.69) is 0 Å². The SMILES string of the molecule is O=Cc1cccc(SCc2ccc(Cl)c(F)c2)c1. The number of thioether (sulfide) groups is 1. The Labute approximate surface area is 114 Å². The van der Waals surface area contributed by atoms with Crippen LogP contribution in [-0.4, -0.2) is 6.29 Å². The van der Waals surface area contributed by atoms with Gasteiger partial charge in [-0.25, -0.2) is 4.39 Å². The van der Waals surface area contributed by atoms with Crippen LogP contribution >= 0.6 is 23.4 Å². The van der Waals surface area contributed by atoms with E-state index in [1.807, 2.05) is 18.2 Å². The van der Waals surface area contributed by atoms with Crippen LogP contribution in [0.4, 0.5) is 4.39 Å². The van der Waals surface area contributed by atoms with Gasteiger partial charge >= 0.3 is 0 Å². The largest absolute Gasteiger partial charge is 0.298 e. The quantitative estimate of drug-likeness (QED) is 0.602. The molecule has 0 aliphatic carbocycles. The first-order chi connectivity index (χ1) is 8.69. The summed E-state index contributed by atoms with van der Waals surface area (Å²) < 4.78 is 13.2. The third kappa shape index (κ3) is 3.34. The minimum Gasteiger partial charge on any atom is -0.298 e. The zero-order valence-electron chi connectivity index (χ0n) is 9.40. The van der Waals surface area contributed by atoms with Gasteiger partial charge in [-0.1, -0.05) is 29.8 Å². The fraction of sp³-hybridized carbons (Fsp3) is 0.0714. The lowest BCUT2D eigenvalue weighted by atomic mass is 10.2. The smallest absolute Gasteiger partial charge is 0.150 e. The molecule has 0 atom stereocenters. The number of carbonyl (C=O) groups excluding carboxylic acids is 1. The molecule has 0 unspecified atom stereocenters. The molecule has 0 bridgehead atoms. The normalized spacial score (nSPS) is 10.3. The van der Waals surface area contributed by atoms with Crippen LogP contribution in [0.25, 0.3) is 0 Å². The molecule has 0 saturated heterocycles. The number of benzene rings is 2. The highest BCUT2D eigenvalue weighted by molar-refractivity contribution is 7.98. The molecule has 0 heterocycles. The van der Waals surface area contributed by atoms with Crippen molar-refractivity contribution in [1.82, 2.24) is 0 Å². The summed E-state index contributed by atoms with van der Waals surface area (Å²) in [4.78, 5) is 11.6. The summed E-state index contributed by atoms with van der Waals surface area (Å²) in [6.07, 6.45) is 0.812. The Bertz CT molecular complexity index is 571.